The molecular weight excluding hydrogens is 333 g/mol. The van der Waals surface area contributed by atoms with E-state index in [1.54, 1.807) is 54.7 Å². The number of benzene rings is 2. The number of carbonyl (C=O) groups excluding carboxylic acids is 1. The molecule has 0 unspecified atom stereocenters. The molecule has 5 heteroatoms. The van der Waals surface area contributed by atoms with Crippen LogP contribution in [0.1, 0.15) is 15.9 Å². The summed E-state index contributed by atoms with van der Waals surface area (Å²) in [6.07, 6.45) is 1.65. The molecule has 3 rings (SSSR count). The summed E-state index contributed by atoms with van der Waals surface area (Å²) in [6.45, 7) is 0. The Morgan fingerprint density at radius 2 is 1.74 bits per heavy atom. The van der Waals surface area contributed by atoms with Gasteiger partial charge in [0.2, 0.25) is 5.88 Å². The molecule has 0 spiro atoms. The number of halogens is 2. The van der Waals surface area contributed by atoms with Crippen LogP contribution in [0.5, 0.6) is 11.6 Å². The van der Waals surface area contributed by atoms with Gasteiger partial charge >= 0.3 is 0 Å². The van der Waals surface area contributed by atoms with Gasteiger partial charge in [-0.2, -0.15) is 0 Å². The van der Waals surface area contributed by atoms with Crippen LogP contribution in [0, 0.1) is 0 Å². The van der Waals surface area contributed by atoms with Crippen LogP contribution >= 0.6 is 23.2 Å². The molecule has 0 radical (unpaired) electrons. The van der Waals surface area contributed by atoms with Crippen LogP contribution in [0.4, 0.5) is 0 Å². The minimum Gasteiger partial charge on any atom is -0.439 e. The Morgan fingerprint density at radius 3 is 2.43 bits per heavy atom. The lowest BCUT2D eigenvalue weighted by Crippen LogP contribution is -2.02. The molecule has 3 nitrogen and oxygen atoms in total. The van der Waals surface area contributed by atoms with Crippen molar-refractivity contribution < 1.29 is 9.53 Å². The molecule has 1 heterocycles. The molecule has 0 bridgehead atoms. The quantitative estimate of drug-likeness (QED) is 0.594. The molecule has 0 fully saturated rings. The standard InChI is InChI=1S/C18H11Cl2NO2/c19-13-6-9-16(20)15(11-13)18(22)12-4-7-14(8-5-12)23-17-3-1-2-10-21-17/h1-11H. The fourth-order valence-corrected chi connectivity index (χ4v) is 2.41. The maximum atomic E-state index is 12.5. The molecule has 0 N–H and O–H groups in total. The van der Waals surface area contributed by atoms with E-state index in [1.807, 2.05) is 12.1 Å². The molecule has 0 saturated heterocycles. The van der Waals surface area contributed by atoms with E-state index in [0.29, 0.717) is 32.8 Å². The van der Waals surface area contributed by atoms with Crippen molar-refractivity contribution in [3.8, 4) is 11.6 Å². The van der Waals surface area contributed by atoms with E-state index >= 15 is 0 Å². The highest BCUT2D eigenvalue weighted by atomic mass is 35.5. The van der Waals surface area contributed by atoms with Gasteiger partial charge in [-0.1, -0.05) is 29.3 Å². The van der Waals surface area contributed by atoms with Gasteiger partial charge in [0, 0.05) is 28.4 Å². The Labute approximate surface area is 143 Å². The number of ketones is 1. The van der Waals surface area contributed by atoms with Crippen molar-refractivity contribution in [2.75, 3.05) is 0 Å². The van der Waals surface area contributed by atoms with Gasteiger partial charge < -0.3 is 4.74 Å². The van der Waals surface area contributed by atoms with Gasteiger partial charge in [-0.15, -0.1) is 0 Å². The van der Waals surface area contributed by atoms with Gasteiger partial charge in [0.15, 0.2) is 5.78 Å². The van der Waals surface area contributed by atoms with E-state index in [2.05, 4.69) is 4.98 Å². The maximum Gasteiger partial charge on any atom is 0.219 e. The van der Waals surface area contributed by atoms with Crippen LogP contribution in [-0.4, -0.2) is 10.8 Å². The van der Waals surface area contributed by atoms with Crippen molar-refractivity contribution in [3.05, 3.63) is 88.0 Å². The average molecular weight is 344 g/mol. The highest BCUT2D eigenvalue weighted by molar-refractivity contribution is 6.36. The zero-order valence-corrected chi connectivity index (χ0v) is 13.4. The van der Waals surface area contributed by atoms with Gasteiger partial charge in [0.05, 0.1) is 5.02 Å². The summed E-state index contributed by atoms with van der Waals surface area (Å²) >= 11 is 12.0. The number of rotatable bonds is 4. The lowest BCUT2D eigenvalue weighted by Gasteiger charge is -2.07. The summed E-state index contributed by atoms with van der Waals surface area (Å²) in [7, 11) is 0. The summed E-state index contributed by atoms with van der Waals surface area (Å²) in [5, 5.41) is 0.834. The average Bonchev–Trinajstić information content (AvgIpc) is 2.58. The molecule has 2 aromatic carbocycles. The van der Waals surface area contributed by atoms with Crippen molar-refractivity contribution in [2.45, 2.75) is 0 Å². The van der Waals surface area contributed by atoms with Crippen LogP contribution in [0.3, 0.4) is 0 Å². The van der Waals surface area contributed by atoms with Crippen molar-refractivity contribution in [3.63, 3.8) is 0 Å². The fourth-order valence-electron chi connectivity index (χ4n) is 2.03. The number of hydrogen-bond donors (Lipinski definition) is 0. The monoisotopic (exact) mass is 343 g/mol. The van der Waals surface area contributed by atoms with E-state index in [4.69, 9.17) is 27.9 Å². The maximum absolute atomic E-state index is 12.5. The van der Waals surface area contributed by atoms with Crippen molar-refractivity contribution in [1.29, 1.82) is 0 Å². The lowest BCUT2D eigenvalue weighted by molar-refractivity contribution is 0.103. The Balaban J connectivity index is 1.82. The number of nitrogens with zero attached hydrogens (tertiary/aromatic N) is 1. The first-order valence-corrected chi connectivity index (χ1v) is 7.58. The third kappa shape index (κ3) is 3.70. The zero-order valence-electron chi connectivity index (χ0n) is 11.9. The predicted octanol–water partition coefficient (Wildman–Crippen LogP) is 5.41. The number of ether oxygens (including phenoxy) is 1. The molecule has 0 amide bonds. The van der Waals surface area contributed by atoms with E-state index in [9.17, 15) is 4.79 Å². The van der Waals surface area contributed by atoms with Gasteiger partial charge in [0.1, 0.15) is 5.75 Å². The van der Waals surface area contributed by atoms with E-state index in [0.717, 1.165) is 0 Å². The molecule has 0 aliphatic rings. The van der Waals surface area contributed by atoms with E-state index < -0.39 is 0 Å². The van der Waals surface area contributed by atoms with Crippen LogP contribution in [-0.2, 0) is 0 Å². The molecule has 0 aliphatic carbocycles. The van der Waals surface area contributed by atoms with Gasteiger partial charge in [-0.25, -0.2) is 4.98 Å². The Bertz CT molecular complexity index is 833. The van der Waals surface area contributed by atoms with Crippen LogP contribution in [0.2, 0.25) is 10.0 Å². The normalized spacial score (nSPS) is 10.3. The molecule has 0 atom stereocenters. The third-order valence-corrected chi connectivity index (χ3v) is 3.71. The molecule has 23 heavy (non-hydrogen) atoms. The van der Waals surface area contributed by atoms with Crippen LogP contribution in [0.15, 0.2) is 66.9 Å². The molecule has 114 valence electrons. The molecule has 0 aliphatic heterocycles. The second-order valence-corrected chi connectivity index (χ2v) is 5.59. The molecule has 1 aromatic heterocycles. The summed E-state index contributed by atoms with van der Waals surface area (Å²) in [4.78, 5) is 16.6. The van der Waals surface area contributed by atoms with Crippen molar-refractivity contribution in [1.82, 2.24) is 4.98 Å². The fraction of sp³-hybridized carbons (Fsp3) is 0. The molecule has 0 saturated carbocycles. The first-order chi connectivity index (χ1) is 11.1. The van der Waals surface area contributed by atoms with E-state index in [1.165, 1.54) is 0 Å². The predicted molar refractivity (Wildman–Crippen MR) is 90.6 cm³/mol. The largest absolute Gasteiger partial charge is 0.439 e. The second kappa shape index (κ2) is 6.82. The third-order valence-electron chi connectivity index (χ3n) is 3.15. The summed E-state index contributed by atoms with van der Waals surface area (Å²) in [6, 6.07) is 17.0. The highest BCUT2D eigenvalue weighted by Crippen LogP contribution is 2.25. The van der Waals surface area contributed by atoms with Crippen LogP contribution in [0.25, 0.3) is 0 Å². The zero-order chi connectivity index (χ0) is 16.2. The first kappa shape index (κ1) is 15.5. The summed E-state index contributed by atoms with van der Waals surface area (Å²) in [5.41, 5.74) is 0.875. The summed E-state index contributed by atoms with van der Waals surface area (Å²) < 4.78 is 5.59. The second-order valence-electron chi connectivity index (χ2n) is 4.75. The van der Waals surface area contributed by atoms with E-state index in [-0.39, 0.29) is 5.78 Å². The van der Waals surface area contributed by atoms with Gasteiger partial charge in [0.25, 0.3) is 0 Å². The molecule has 3 aromatic rings. The van der Waals surface area contributed by atoms with Gasteiger partial charge in [-0.3, -0.25) is 4.79 Å². The Hall–Kier alpha value is -2.36. The topological polar surface area (TPSA) is 39.2 Å². The SMILES string of the molecule is O=C(c1ccc(Oc2ccccn2)cc1)c1cc(Cl)ccc1Cl. The van der Waals surface area contributed by atoms with Crippen molar-refractivity contribution >= 4 is 29.0 Å². The highest BCUT2D eigenvalue weighted by Gasteiger charge is 2.13. The number of pyridine rings is 1. The smallest absolute Gasteiger partial charge is 0.219 e. The first-order valence-electron chi connectivity index (χ1n) is 6.82. The van der Waals surface area contributed by atoms with Crippen molar-refractivity contribution in [2.24, 2.45) is 0 Å². The summed E-state index contributed by atoms with van der Waals surface area (Å²) in [5.74, 6) is 0.892. The molecular formula is C18H11Cl2NO2. The number of carbonyl (C=O) groups is 1. The van der Waals surface area contributed by atoms with Gasteiger partial charge in [-0.05, 0) is 48.5 Å². The minimum atomic E-state index is -0.193. The number of hydrogen-bond acceptors (Lipinski definition) is 3. The van der Waals surface area contributed by atoms with Crippen LogP contribution < -0.4 is 4.74 Å². The lowest BCUT2D eigenvalue weighted by atomic mass is 10.0. The Morgan fingerprint density at radius 1 is 0.957 bits per heavy atom. The minimum absolute atomic E-state index is 0.193. The number of aromatic nitrogens is 1. The Kier molecular flexibility index (Phi) is 4.60.